The maximum Gasteiger partial charge on any atom is 0.270 e. The monoisotopic (exact) mass is 375 g/mol. The molecule has 1 unspecified atom stereocenters. The molecular weight excluding hydrogens is 353 g/mol. The lowest BCUT2D eigenvalue weighted by atomic mass is 10.1. The Bertz CT molecular complexity index is 791. The summed E-state index contributed by atoms with van der Waals surface area (Å²) in [4.78, 5) is 26.5. The van der Waals surface area contributed by atoms with Crippen molar-refractivity contribution in [3.63, 3.8) is 0 Å². The van der Waals surface area contributed by atoms with Crippen LogP contribution >= 0.6 is 0 Å². The molecule has 2 amide bonds. The molecule has 2 aromatic rings. The quantitative estimate of drug-likeness (QED) is 0.755. The van der Waals surface area contributed by atoms with Crippen LogP contribution in [0.3, 0.4) is 0 Å². The number of methoxy groups -OCH3 is 1. The Morgan fingerprint density at radius 2 is 2.07 bits per heavy atom. The summed E-state index contributed by atoms with van der Waals surface area (Å²) >= 11 is 0. The number of rotatable bonds is 8. The number of halogens is 1. The first-order valence-electron chi connectivity index (χ1n) is 8.68. The average Bonchev–Trinajstić information content (AvgIpc) is 3.14. The lowest BCUT2D eigenvalue weighted by Gasteiger charge is -2.36. The van der Waals surface area contributed by atoms with Crippen molar-refractivity contribution in [1.29, 1.82) is 0 Å². The zero-order chi connectivity index (χ0) is 19.2. The third-order valence-corrected chi connectivity index (χ3v) is 4.41. The molecule has 1 aromatic heterocycles. The van der Waals surface area contributed by atoms with E-state index in [1.54, 1.807) is 18.1 Å². The summed E-state index contributed by atoms with van der Waals surface area (Å²) in [6, 6.07) is 8.90. The molecule has 0 fully saturated rings. The van der Waals surface area contributed by atoms with Crippen molar-refractivity contribution in [2.24, 2.45) is 0 Å². The van der Waals surface area contributed by atoms with E-state index >= 15 is 0 Å². The van der Waals surface area contributed by atoms with Crippen LogP contribution in [0, 0.1) is 5.82 Å². The Kier molecular flexibility index (Phi) is 6.08. The maximum absolute atomic E-state index is 12.9. The van der Waals surface area contributed by atoms with Gasteiger partial charge in [0.15, 0.2) is 6.61 Å². The highest BCUT2D eigenvalue weighted by atomic mass is 19.1. The first-order valence-corrected chi connectivity index (χ1v) is 8.68. The van der Waals surface area contributed by atoms with Crippen LogP contribution in [0.25, 0.3) is 0 Å². The number of carbonyl (C=O) groups is 2. The number of amides is 2. The second-order valence-electron chi connectivity index (χ2n) is 6.24. The maximum atomic E-state index is 12.9. The third kappa shape index (κ3) is 4.65. The van der Waals surface area contributed by atoms with Crippen molar-refractivity contribution in [3.05, 3.63) is 54.1 Å². The number of nitrogens with zero attached hydrogens (tertiary/aromatic N) is 2. The first kappa shape index (κ1) is 18.9. The lowest BCUT2D eigenvalue weighted by Crippen LogP contribution is -2.54. The predicted molar refractivity (Wildman–Crippen MR) is 96.0 cm³/mol. The highest BCUT2D eigenvalue weighted by molar-refractivity contribution is 5.93. The zero-order valence-electron chi connectivity index (χ0n) is 15.1. The summed E-state index contributed by atoms with van der Waals surface area (Å²) in [5, 5.41) is 2.80. The Hall–Kier alpha value is -2.87. The Morgan fingerprint density at radius 1 is 1.30 bits per heavy atom. The van der Waals surface area contributed by atoms with Crippen LogP contribution in [0.2, 0.25) is 0 Å². The summed E-state index contributed by atoms with van der Waals surface area (Å²) in [7, 11) is 1.58. The van der Waals surface area contributed by atoms with Crippen molar-refractivity contribution < 1.29 is 23.5 Å². The van der Waals surface area contributed by atoms with Gasteiger partial charge in [0.1, 0.15) is 17.3 Å². The summed E-state index contributed by atoms with van der Waals surface area (Å²) in [5.74, 6) is -0.339. The number of fused-ring (bicyclic) bond motifs is 1. The fraction of sp³-hybridized carbons (Fsp3) is 0.368. The van der Waals surface area contributed by atoms with Gasteiger partial charge in [-0.2, -0.15) is 0 Å². The Labute approximate surface area is 156 Å². The van der Waals surface area contributed by atoms with Gasteiger partial charge in [-0.25, -0.2) is 4.39 Å². The molecule has 144 valence electrons. The van der Waals surface area contributed by atoms with Gasteiger partial charge < -0.3 is 24.3 Å². The fourth-order valence-corrected chi connectivity index (χ4v) is 3.02. The van der Waals surface area contributed by atoms with Gasteiger partial charge in [-0.3, -0.25) is 9.59 Å². The number of aromatic nitrogens is 1. The Morgan fingerprint density at radius 3 is 2.81 bits per heavy atom. The number of carbonyl (C=O) groups excluding carboxylic acids is 2. The van der Waals surface area contributed by atoms with Gasteiger partial charge in [0.05, 0.1) is 12.6 Å². The molecule has 1 aliphatic rings. The average molecular weight is 375 g/mol. The largest absolute Gasteiger partial charge is 0.484 e. The summed E-state index contributed by atoms with van der Waals surface area (Å²) < 4.78 is 25.2. The van der Waals surface area contributed by atoms with Crippen LogP contribution in [0.5, 0.6) is 5.75 Å². The van der Waals surface area contributed by atoms with E-state index in [-0.39, 0.29) is 30.3 Å². The van der Waals surface area contributed by atoms with Crippen molar-refractivity contribution in [1.82, 2.24) is 14.8 Å². The summed E-state index contributed by atoms with van der Waals surface area (Å²) in [6.07, 6.45) is 1.85. The smallest absolute Gasteiger partial charge is 0.270 e. The third-order valence-electron chi connectivity index (χ3n) is 4.41. The van der Waals surface area contributed by atoms with Gasteiger partial charge in [-0.1, -0.05) is 0 Å². The molecule has 1 aromatic carbocycles. The topological polar surface area (TPSA) is 72.8 Å². The van der Waals surface area contributed by atoms with E-state index in [0.717, 1.165) is 0 Å². The molecule has 0 radical (unpaired) electrons. The number of ether oxygens (including phenoxy) is 2. The number of hydrogen-bond donors (Lipinski definition) is 1. The first-order chi connectivity index (χ1) is 13.1. The van der Waals surface area contributed by atoms with E-state index in [1.165, 1.54) is 24.3 Å². The summed E-state index contributed by atoms with van der Waals surface area (Å²) in [6.45, 7) is 1.59. The minimum Gasteiger partial charge on any atom is -0.484 e. The van der Waals surface area contributed by atoms with E-state index in [0.29, 0.717) is 37.7 Å². The zero-order valence-corrected chi connectivity index (χ0v) is 15.1. The molecule has 3 rings (SSSR count). The van der Waals surface area contributed by atoms with E-state index in [1.807, 2.05) is 16.8 Å². The molecule has 1 aliphatic heterocycles. The van der Waals surface area contributed by atoms with Gasteiger partial charge in [-0.15, -0.1) is 0 Å². The van der Waals surface area contributed by atoms with Crippen LogP contribution in [-0.2, 0) is 16.1 Å². The van der Waals surface area contributed by atoms with Gasteiger partial charge in [0.2, 0.25) is 0 Å². The molecule has 8 heteroatoms. The molecule has 0 saturated carbocycles. The molecular formula is C19H22FN3O4. The van der Waals surface area contributed by atoms with E-state index in [9.17, 15) is 14.0 Å². The minimum atomic E-state index is -0.366. The van der Waals surface area contributed by atoms with Crippen LogP contribution in [0.15, 0.2) is 42.6 Å². The van der Waals surface area contributed by atoms with E-state index < -0.39 is 0 Å². The second-order valence-corrected chi connectivity index (χ2v) is 6.24. The van der Waals surface area contributed by atoms with Crippen LogP contribution in [-0.4, -0.2) is 60.7 Å². The molecule has 0 bridgehead atoms. The predicted octanol–water partition coefficient (Wildman–Crippen LogP) is 1.29. The number of hydrogen-bond acceptors (Lipinski definition) is 4. The van der Waals surface area contributed by atoms with Crippen LogP contribution in [0.4, 0.5) is 4.39 Å². The van der Waals surface area contributed by atoms with E-state index in [4.69, 9.17) is 9.47 Å². The van der Waals surface area contributed by atoms with Gasteiger partial charge in [-0.05, 0) is 36.4 Å². The Balaban J connectivity index is 1.55. The highest BCUT2D eigenvalue weighted by Crippen LogP contribution is 2.18. The minimum absolute atomic E-state index is 0.0786. The second kappa shape index (κ2) is 8.68. The molecule has 1 N–H and O–H groups in total. The lowest BCUT2D eigenvalue weighted by molar-refractivity contribution is -0.123. The van der Waals surface area contributed by atoms with Crippen molar-refractivity contribution in [3.8, 4) is 5.75 Å². The van der Waals surface area contributed by atoms with Crippen LogP contribution < -0.4 is 10.1 Å². The fourth-order valence-electron chi connectivity index (χ4n) is 3.02. The van der Waals surface area contributed by atoms with Gasteiger partial charge in [0.25, 0.3) is 11.8 Å². The highest BCUT2D eigenvalue weighted by Gasteiger charge is 2.31. The van der Waals surface area contributed by atoms with Crippen molar-refractivity contribution >= 4 is 11.8 Å². The summed E-state index contributed by atoms with van der Waals surface area (Å²) in [5.41, 5.74) is 0.633. The molecule has 7 nitrogen and oxygen atoms in total. The van der Waals surface area contributed by atoms with Crippen molar-refractivity contribution in [2.45, 2.75) is 12.6 Å². The standard InChI is InChI=1S/C19H22FN3O4/c1-26-10-9-23-15(12-22-8-2-3-17(22)19(23)25)11-21-18(24)13-27-16-6-4-14(20)5-7-16/h2-8,15H,9-13H2,1H3,(H,21,24). The van der Waals surface area contributed by atoms with E-state index in [2.05, 4.69) is 5.32 Å². The molecule has 0 aliphatic carbocycles. The number of benzene rings is 1. The molecule has 0 spiro atoms. The SMILES string of the molecule is COCCN1C(=O)c2cccn2CC1CNC(=O)COc1ccc(F)cc1. The molecule has 0 saturated heterocycles. The number of nitrogens with one attached hydrogen (secondary N) is 1. The van der Waals surface area contributed by atoms with Gasteiger partial charge >= 0.3 is 0 Å². The van der Waals surface area contributed by atoms with Crippen LogP contribution in [0.1, 0.15) is 10.5 Å². The van der Waals surface area contributed by atoms with Gasteiger partial charge in [0, 0.05) is 32.9 Å². The molecule has 27 heavy (non-hydrogen) atoms. The van der Waals surface area contributed by atoms with Crippen molar-refractivity contribution in [2.75, 3.05) is 33.4 Å². The molecule has 2 heterocycles. The normalized spacial score (nSPS) is 16.1. The molecule has 1 atom stereocenters.